The summed E-state index contributed by atoms with van der Waals surface area (Å²) in [6.07, 6.45) is 0. The highest BCUT2D eigenvalue weighted by Crippen LogP contribution is 2.47. The Hall–Kier alpha value is -7.72. The van der Waals surface area contributed by atoms with Gasteiger partial charge in [0.1, 0.15) is 0 Å². The fourth-order valence-electron chi connectivity index (χ4n) is 9.22. The Kier molecular flexibility index (Phi) is 8.39. The average Bonchev–Trinajstić information content (AvgIpc) is 3.73. The van der Waals surface area contributed by atoms with Gasteiger partial charge in [-0.25, -0.2) is 9.97 Å². The first-order chi connectivity index (χ1) is 30.2. The van der Waals surface area contributed by atoms with E-state index < -0.39 is 0 Å². The quantitative estimate of drug-likeness (QED) is 0.124. The third kappa shape index (κ3) is 6.01. The number of fused-ring (bicyclic) bond motifs is 7. The van der Waals surface area contributed by atoms with E-state index in [4.69, 9.17) is 9.97 Å². The maximum Gasteiger partial charge on any atom is 0.160 e. The minimum absolute atomic E-state index is 0.718. The Morgan fingerprint density at radius 2 is 0.852 bits per heavy atom. The Morgan fingerprint density at radius 3 is 1.59 bits per heavy atom. The highest BCUT2D eigenvalue weighted by Gasteiger charge is 2.19. The first kappa shape index (κ1) is 35.2. The van der Waals surface area contributed by atoms with Crippen molar-refractivity contribution >= 4 is 63.8 Å². The average molecular weight is 793 g/mol. The number of aromatic nitrogens is 2. The van der Waals surface area contributed by atoms with Gasteiger partial charge in [0.05, 0.1) is 11.4 Å². The summed E-state index contributed by atoms with van der Waals surface area (Å²) < 4.78 is 2.52. The van der Waals surface area contributed by atoms with Crippen LogP contribution in [0.5, 0.6) is 0 Å². The van der Waals surface area contributed by atoms with Crippen LogP contribution in [0.4, 0.5) is 0 Å². The van der Waals surface area contributed by atoms with E-state index in [2.05, 4.69) is 200 Å². The molecule has 0 N–H and O–H groups in total. The molecule has 12 rings (SSSR count). The highest BCUT2D eigenvalue weighted by molar-refractivity contribution is 7.26. The summed E-state index contributed by atoms with van der Waals surface area (Å²) in [5.41, 5.74) is 12.3. The Morgan fingerprint density at radius 1 is 0.311 bits per heavy atom. The van der Waals surface area contributed by atoms with E-state index >= 15 is 0 Å². The van der Waals surface area contributed by atoms with Crippen LogP contribution in [0, 0.1) is 0 Å². The molecular formula is C58H36N2S. The van der Waals surface area contributed by atoms with Crippen LogP contribution < -0.4 is 0 Å². The smallest absolute Gasteiger partial charge is 0.160 e. The predicted molar refractivity (Wildman–Crippen MR) is 260 cm³/mol. The van der Waals surface area contributed by atoms with Crippen LogP contribution in [0.3, 0.4) is 0 Å². The van der Waals surface area contributed by atoms with E-state index in [0.717, 1.165) is 39.5 Å². The summed E-state index contributed by atoms with van der Waals surface area (Å²) in [6, 6.07) is 78.7. The molecule has 0 fully saturated rings. The van der Waals surface area contributed by atoms with Crippen molar-refractivity contribution < 1.29 is 0 Å². The molecule has 2 aromatic heterocycles. The van der Waals surface area contributed by atoms with Gasteiger partial charge in [-0.15, -0.1) is 11.3 Å². The normalized spacial score (nSPS) is 11.6. The van der Waals surface area contributed by atoms with Gasteiger partial charge in [0.15, 0.2) is 5.82 Å². The topological polar surface area (TPSA) is 25.8 Å². The van der Waals surface area contributed by atoms with Gasteiger partial charge in [0, 0.05) is 36.9 Å². The molecule has 0 saturated carbocycles. The van der Waals surface area contributed by atoms with E-state index in [1.54, 1.807) is 0 Å². The van der Waals surface area contributed by atoms with Gasteiger partial charge in [0.2, 0.25) is 0 Å². The molecule has 284 valence electrons. The molecule has 2 heterocycles. The molecule has 12 aromatic rings. The largest absolute Gasteiger partial charge is 0.228 e. The standard InChI is InChI=1S/C58H36N2S/c1-3-15-41(16-4-1)54-46-21-9-10-22-47(46)55(56-44-19-8-7-14-39(44)34-35-50(54)56)42-32-28-38(29-33-42)37-26-30-40(31-27-37)51-36-52(60-58(59-51)43-17-5-2-6-18-43)49-24-13-23-48-45-20-11-12-25-53(45)61-57(48)49/h1-36H. The van der Waals surface area contributed by atoms with E-state index in [1.807, 2.05) is 29.5 Å². The fourth-order valence-corrected chi connectivity index (χ4v) is 10.4. The first-order valence-corrected chi connectivity index (χ1v) is 21.5. The van der Waals surface area contributed by atoms with Crippen LogP contribution in [-0.2, 0) is 0 Å². The monoisotopic (exact) mass is 792 g/mol. The molecule has 0 spiro atoms. The minimum atomic E-state index is 0.718. The van der Waals surface area contributed by atoms with Crippen molar-refractivity contribution in [1.82, 2.24) is 9.97 Å². The maximum absolute atomic E-state index is 5.19. The first-order valence-electron chi connectivity index (χ1n) is 20.7. The lowest BCUT2D eigenvalue weighted by molar-refractivity contribution is 1.19. The maximum atomic E-state index is 5.19. The molecule has 0 atom stereocenters. The van der Waals surface area contributed by atoms with Crippen molar-refractivity contribution in [3.63, 3.8) is 0 Å². The summed E-state index contributed by atoms with van der Waals surface area (Å²) >= 11 is 1.83. The van der Waals surface area contributed by atoms with Gasteiger partial charge in [-0.3, -0.25) is 0 Å². The fraction of sp³-hybridized carbons (Fsp3) is 0. The van der Waals surface area contributed by atoms with E-state index in [0.29, 0.717) is 0 Å². The number of hydrogen-bond donors (Lipinski definition) is 0. The van der Waals surface area contributed by atoms with Crippen LogP contribution in [0.1, 0.15) is 0 Å². The van der Waals surface area contributed by atoms with E-state index in [9.17, 15) is 0 Å². The number of benzene rings is 10. The van der Waals surface area contributed by atoms with Crippen molar-refractivity contribution in [1.29, 1.82) is 0 Å². The zero-order chi connectivity index (χ0) is 40.3. The van der Waals surface area contributed by atoms with Gasteiger partial charge >= 0.3 is 0 Å². The van der Waals surface area contributed by atoms with Crippen molar-refractivity contribution in [3.8, 4) is 67.3 Å². The lowest BCUT2D eigenvalue weighted by Crippen LogP contribution is -1.96. The molecule has 0 amide bonds. The molecule has 61 heavy (non-hydrogen) atoms. The molecule has 0 bridgehead atoms. The molecule has 2 nitrogen and oxygen atoms in total. The highest BCUT2D eigenvalue weighted by atomic mass is 32.1. The van der Waals surface area contributed by atoms with E-state index in [-0.39, 0.29) is 0 Å². The van der Waals surface area contributed by atoms with Crippen molar-refractivity contribution in [2.75, 3.05) is 0 Å². The molecule has 0 radical (unpaired) electrons. The van der Waals surface area contributed by atoms with Gasteiger partial charge < -0.3 is 0 Å². The number of nitrogens with zero attached hydrogens (tertiary/aromatic N) is 2. The van der Waals surface area contributed by atoms with Crippen molar-refractivity contribution in [2.24, 2.45) is 0 Å². The van der Waals surface area contributed by atoms with Gasteiger partial charge in [-0.1, -0.05) is 206 Å². The second-order valence-electron chi connectivity index (χ2n) is 15.6. The summed E-state index contributed by atoms with van der Waals surface area (Å²) in [6.45, 7) is 0. The Bertz CT molecular complexity index is 3610. The van der Waals surface area contributed by atoms with Gasteiger partial charge in [-0.2, -0.15) is 0 Å². The van der Waals surface area contributed by atoms with Crippen LogP contribution in [0.25, 0.3) is 120 Å². The Labute approximate surface area is 357 Å². The Balaban J connectivity index is 0.956. The summed E-state index contributed by atoms with van der Waals surface area (Å²) in [5.74, 6) is 0.718. The molecular weight excluding hydrogens is 757 g/mol. The second-order valence-corrected chi connectivity index (χ2v) is 16.7. The molecule has 0 aliphatic rings. The number of thiophene rings is 1. The zero-order valence-electron chi connectivity index (χ0n) is 33.1. The van der Waals surface area contributed by atoms with E-state index in [1.165, 1.54) is 80.3 Å². The lowest BCUT2D eigenvalue weighted by Gasteiger charge is -2.19. The van der Waals surface area contributed by atoms with Gasteiger partial charge in [-0.05, 0) is 77.8 Å². The van der Waals surface area contributed by atoms with Crippen molar-refractivity contribution in [2.45, 2.75) is 0 Å². The third-order valence-electron chi connectivity index (χ3n) is 12.1. The predicted octanol–water partition coefficient (Wildman–Crippen LogP) is 16.3. The number of hydrogen-bond acceptors (Lipinski definition) is 3. The van der Waals surface area contributed by atoms with Gasteiger partial charge in [0.25, 0.3) is 0 Å². The molecule has 10 aromatic carbocycles. The summed E-state index contributed by atoms with van der Waals surface area (Å²) in [4.78, 5) is 10.3. The molecule has 0 unspecified atom stereocenters. The molecule has 0 aliphatic heterocycles. The van der Waals surface area contributed by atoms with Crippen LogP contribution in [0.2, 0.25) is 0 Å². The summed E-state index contributed by atoms with van der Waals surface area (Å²) in [7, 11) is 0. The molecule has 0 saturated heterocycles. The SMILES string of the molecule is c1ccc(-c2nc(-c3ccc(-c4ccc(-c5c6ccccc6c(-c6ccccc6)c6ccc7ccccc7c56)cc4)cc3)cc(-c3cccc4c3sc3ccccc34)n2)cc1. The van der Waals surface area contributed by atoms with Crippen LogP contribution in [-0.4, -0.2) is 9.97 Å². The molecule has 3 heteroatoms. The summed E-state index contributed by atoms with van der Waals surface area (Å²) in [5, 5.41) is 10.1. The van der Waals surface area contributed by atoms with Crippen LogP contribution >= 0.6 is 11.3 Å². The minimum Gasteiger partial charge on any atom is -0.228 e. The third-order valence-corrected chi connectivity index (χ3v) is 13.3. The van der Waals surface area contributed by atoms with Crippen molar-refractivity contribution in [3.05, 3.63) is 218 Å². The zero-order valence-corrected chi connectivity index (χ0v) is 33.9. The van der Waals surface area contributed by atoms with Crippen LogP contribution in [0.15, 0.2) is 218 Å². The molecule has 0 aliphatic carbocycles. The number of rotatable bonds is 6. The second kappa shape index (κ2) is 14.5. The lowest BCUT2D eigenvalue weighted by atomic mass is 9.84.